The van der Waals surface area contributed by atoms with Crippen molar-refractivity contribution in [3.63, 3.8) is 0 Å². The van der Waals surface area contributed by atoms with E-state index in [2.05, 4.69) is 55.4 Å². The molecule has 31 heavy (non-hydrogen) atoms. The van der Waals surface area contributed by atoms with E-state index in [4.69, 9.17) is 4.74 Å². The van der Waals surface area contributed by atoms with Crippen LogP contribution in [-0.2, 0) is 4.74 Å². The van der Waals surface area contributed by atoms with Crippen molar-refractivity contribution in [3.05, 3.63) is 0 Å². The van der Waals surface area contributed by atoms with Crippen LogP contribution in [0.1, 0.15) is 120 Å². The average molecular weight is 427 g/mol. The Morgan fingerprint density at radius 2 is 1.45 bits per heavy atom. The molecule has 0 amide bonds. The second-order valence-corrected chi connectivity index (χ2v) is 15.4. The number of ether oxygens (including phenoxy) is 1. The van der Waals surface area contributed by atoms with Gasteiger partial charge < -0.3 is 4.74 Å². The van der Waals surface area contributed by atoms with E-state index in [1.165, 1.54) is 64.2 Å². The first-order chi connectivity index (χ1) is 14.4. The van der Waals surface area contributed by atoms with Gasteiger partial charge in [-0.05, 0) is 109 Å². The van der Waals surface area contributed by atoms with Gasteiger partial charge in [0.25, 0.3) is 0 Å². The summed E-state index contributed by atoms with van der Waals surface area (Å²) in [6, 6.07) is 0. The van der Waals surface area contributed by atoms with E-state index >= 15 is 0 Å². The van der Waals surface area contributed by atoms with Crippen LogP contribution in [0, 0.1) is 56.7 Å². The summed E-state index contributed by atoms with van der Waals surface area (Å²) in [6.45, 7) is 21.1. The predicted molar refractivity (Wildman–Crippen MR) is 129 cm³/mol. The van der Waals surface area contributed by atoms with Gasteiger partial charge >= 0.3 is 0 Å². The summed E-state index contributed by atoms with van der Waals surface area (Å²) in [5.41, 5.74) is 2.59. The van der Waals surface area contributed by atoms with Crippen LogP contribution in [0.2, 0.25) is 0 Å². The summed E-state index contributed by atoms with van der Waals surface area (Å²) in [7, 11) is 0. The Morgan fingerprint density at radius 1 is 0.710 bits per heavy atom. The molecular formula is C30H50O. The Labute approximate surface area is 192 Å². The highest BCUT2D eigenvalue weighted by Crippen LogP contribution is 2.83. The standard InChI is InChI=1S/C30H50O/c1-19(2)20-10-11-21-26(20,5)16-17-29(8)28(21,7)15-12-22-27(6)14-9-13-25(3,4)23(27)18-24-30(22,29)31-24/h19-24H,9-18H2,1-8H3/t20-,21-,22-,23+,24-,26-,27-,28+,29+,30+/m1/s1. The van der Waals surface area contributed by atoms with Gasteiger partial charge in [0.2, 0.25) is 0 Å². The van der Waals surface area contributed by atoms with Gasteiger partial charge in [0.1, 0.15) is 5.60 Å². The fourth-order valence-corrected chi connectivity index (χ4v) is 12.5. The molecule has 1 saturated heterocycles. The van der Waals surface area contributed by atoms with Crippen molar-refractivity contribution in [3.8, 4) is 0 Å². The highest BCUT2D eigenvalue weighted by molar-refractivity contribution is 5.31. The zero-order valence-electron chi connectivity index (χ0n) is 21.9. The largest absolute Gasteiger partial charge is 0.365 e. The van der Waals surface area contributed by atoms with Crippen molar-refractivity contribution >= 4 is 0 Å². The van der Waals surface area contributed by atoms with Crippen LogP contribution in [0.3, 0.4) is 0 Å². The highest BCUT2D eigenvalue weighted by atomic mass is 16.6. The number of rotatable bonds is 1. The lowest BCUT2D eigenvalue weighted by Crippen LogP contribution is -2.69. The van der Waals surface area contributed by atoms with Crippen LogP contribution in [0.4, 0.5) is 0 Å². The van der Waals surface area contributed by atoms with Gasteiger partial charge in [-0.2, -0.15) is 0 Å². The van der Waals surface area contributed by atoms with E-state index in [9.17, 15) is 0 Å². The van der Waals surface area contributed by atoms with Crippen LogP contribution < -0.4 is 0 Å². The van der Waals surface area contributed by atoms with Gasteiger partial charge in [0.15, 0.2) is 0 Å². The van der Waals surface area contributed by atoms with Gasteiger partial charge in [-0.25, -0.2) is 0 Å². The summed E-state index contributed by atoms with van der Waals surface area (Å²) in [5.74, 6) is 4.32. The smallest absolute Gasteiger partial charge is 0.104 e. The van der Waals surface area contributed by atoms with E-state index in [0.29, 0.717) is 33.2 Å². The summed E-state index contributed by atoms with van der Waals surface area (Å²) < 4.78 is 7.11. The Morgan fingerprint density at radius 3 is 2.16 bits per heavy atom. The van der Waals surface area contributed by atoms with Gasteiger partial charge in [-0.1, -0.05) is 61.8 Å². The molecule has 6 aliphatic rings. The Hall–Kier alpha value is -0.0400. The van der Waals surface area contributed by atoms with Gasteiger partial charge in [-0.15, -0.1) is 0 Å². The SMILES string of the molecule is CC(C)[C@H]1CC[C@@H]2[C@]1(C)CC[C@]1(C)[C@@]34O[C@@H]3C[C@H]3C(C)(C)CCC[C@]3(C)[C@H]4CC[C@@]21C. The third-order valence-electron chi connectivity index (χ3n) is 14.0. The molecule has 1 nitrogen and oxygen atoms in total. The van der Waals surface area contributed by atoms with E-state index in [1.807, 2.05) is 0 Å². The Bertz CT molecular complexity index is 783. The van der Waals surface area contributed by atoms with Crippen molar-refractivity contribution in [1.29, 1.82) is 0 Å². The molecule has 1 heteroatoms. The molecule has 0 unspecified atom stereocenters. The van der Waals surface area contributed by atoms with Crippen LogP contribution in [0.25, 0.3) is 0 Å². The minimum atomic E-state index is 0.204. The maximum absolute atomic E-state index is 7.11. The molecule has 5 saturated carbocycles. The lowest BCUT2D eigenvalue weighted by atomic mass is 9.33. The first-order valence-electron chi connectivity index (χ1n) is 14.0. The molecule has 1 heterocycles. The van der Waals surface area contributed by atoms with Crippen molar-refractivity contribution in [2.75, 3.05) is 0 Å². The monoisotopic (exact) mass is 426 g/mol. The highest BCUT2D eigenvalue weighted by Gasteiger charge is 2.83. The van der Waals surface area contributed by atoms with Crippen LogP contribution >= 0.6 is 0 Å². The van der Waals surface area contributed by atoms with Crippen molar-refractivity contribution < 1.29 is 4.74 Å². The number of hydrogen-bond acceptors (Lipinski definition) is 1. The normalized spacial score (nSPS) is 61.6. The molecule has 0 aromatic carbocycles. The fraction of sp³-hybridized carbons (Fsp3) is 1.00. The molecule has 1 aliphatic heterocycles. The second-order valence-electron chi connectivity index (χ2n) is 15.4. The van der Waals surface area contributed by atoms with Gasteiger partial charge in [0.05, 0.1) is 6.10 Å². The lowest BCUT2D eigenvalue weighted by molar-refractivity contribution is -0.221. The van der Waals surface area contributed by atoms with Gasteiger partial charge in [0, 0.05) is 5.41 Å². The first kappa shape index (κ1) is 21.5. The molecule has 0 N–H and O–H groups in total. The number of fused-ring (bicyclic) bond motifs is 5. The topological polar surface area (TPSA) is 12.5 Å². The minimum absolute atomic E-state index is 0.204. The minimum Gasteiger partial charge on any atom is -0.365 e. The molecule has 0 aromatic rings. The summed E-state index contributed by atoms with van der Waals surface area (Å²) in [4.78, 5) is 0. The van der Waals surface area contributed by atoms with Crippen LogP contribution in [0.15, 0.2) is 0 Å². The number of epoxide rings is 1. The lowest BCUT2D eigenvalue weighted by Gasteiger charge is -2.70. The summed E-state index contributed by atoms with van der Waals surface area (Å²) in [5, 5.41) is 0. The quantitative estimate of drug-likeness (QED) is 0.384. The van der Waals surface area contributed by atoms with Crippen LogP contribution in [0.5, 0.6) is 0 Å². The molecule has 0 aromatic heterocycles. The predicted octanol–water partition coefficient (Wildman–Crippen LogP) is 8.27. The molecule has 6 rings (SSSR count). The molecule has 6 fully saturated rings. The second kappa shape index (κ2) is 5.95. The molecule has 10 atom stereocenters. The third-order valence-corrected chi connectivity index (χ3v) is 14.0. The van der Waals surface area contributed by atoms with Crippen LogP contribution in [-0.4, -0.2) is 11.7 Å². The van der Waals surface area contributed by atoms with E-state index in [0.717, 1.165) is 29.6 Å². The molecule has 1 spiro atoms. The molecule has 5 aliphatic carbocycles. The molecule has 0 bridgehead atoms. The van der Waals surface area contributed by atoms with E-state index in [-0.39, 0.29) is 5.60 Å². The molecule has 176 valence electrons. The Kier molecular flexibility index (Phi) is 4.13. The average Bonchev–Trinajstić information content (AvgIpc) is 3.28. The zero-order chi connectivity index (χ0) is 22.2. The van der Waals surface area contributed by atoms with E-state index < -0.39 is 0 Å². The fourth-order valence-electron chi connectivity index (χ4n) is 12.5. The maximum Gasteiger partial charge on any atom is 0.104 e. The van der Waals surface area contributed by atoms with Crippen molar-refractivity contribution in [2.45, 2.75) is 131 Å². The van der Waals surface area contributed by atoms with E-state index in [1.54, 1.807) is 0 Å². The molecule has 0 radical (unpaired) electrons. The number of hydrogen-bond donors (Lipinski definition) is 0. The summed E-state index contributed by atoms with van der Waals surface area (Å²) in [6.07, 6.45) is 14.9. The first-order valence-corrected chi connectivity index (χ1v) is 14.0. The molecular weight excluding hydrogens is 376 g/mol. The summed E-state index contributed by atoms with van der Waals surface area (Å²) >= 11 is 0. The zero-order valence-corrected chi connectivity index (χ0v) is 21.9. The van der Waals surface area contributed by atoms with Crippen molar-refractivity contribution in [2.24, 2.45) is 56.7 Å². The Balaban J connectivity index is 1.42. The third kappa shape index (κ3) is 2.21. The maximum atomic E-state index is 7.11. The van der Waals surface area contributed by atoms with Gasteiger partial charge in [-0.3, -0.25) is 0 Å². The van der Waals surface area contributed by atoms with Crippen molar-refractivity contribution in [1.82, 2.24) is 0 Å².